The van der Waals surface area contributed by atoms with E-state index in [9.17, 15) is 8.42 Å². The summed E-state index contributed by atoms with van der Waals surface area (Å²) in [7, 11) is -3.74. The lowest BCUT2D eigenvalue weighted by atomic mass is 10.1. The molecule has 0 heterocycles. The molecule has 1 atom stereocenters. The van der Waals surface area contributed by atoms with Gasteiger partial charge >= 0.3 is 0 Å². The third-order valence-electron chi connectivity index (χ3n) is 3.40. The minimum absolute atomic E-state index is 0.0151. The van der Waals surface area contributed by atoms with E-state index in [-0.39, 0.29) is 16.0 Å². The Morgan fingerprint density at radius 3 is 2.32 bits per heavy atom. The predicted molar refractivity (Wildman–Crippen MR) is 91.0 cm³/mol. The van der Waals surface area contributed by atoms with Crippen molar-refractivity contribution in [2.75, 3.05) is 0 Å². The van der Waals surface area contributed by atoms with E-state index < -0.39 is 10.0 Å². The van der Waals surface area contributed by atoms with Crippen LogP contribution in [0, 0.1) is 0 Å². The van der Waals surface area contributed by atoms with E-state index in [1.807, 2.05) is 24.3 Å². The molecule has 22 heavy (non-hydrogen) atoms. The summed E-state index contributed by atoms with van der Waals surface area (Å²) >= 11 is 11.8. The minimum Gasteiger partial charge on any atom is -0.207 e. The van der Waals surface area contributed by atoms with Crippen LogP contribution in [0.15, 0.2) is 47.4 Å². The molecule has 0 aromatic heterocycles. The van der Waals surface area contributed by atoms with Crippen molar-refractivity contribution in [1.29, 1.82) is 0 Å². The largest absolute Gasteiger partial charge is 0.242 e. The number of sulfonamides is 1. The molecule has 1 unspecified atom stereocenters. The fourth-order valence-corrected chi connectivity index (χ4v) is 4.08. The van der Waals surface area contributed by atoms with Crippen molar-refractivity contribution in [3.8, 4) is 0 Å². The topological polar surface area (TPSA) is 46.2 Å². The molecule has 0 bridgehead atoms. The van der Waals surface area contributed by atoms with Crippen LogP contribution in [0.25, 0.3) is 0 Å². The smallest absolute Gasteiger partial charge is 0.207 e. The van der Waals surface area contributed by atoms with Crippen LogP contribution in [-0.4, -0.2) is 8.42 Å². The van der Waals surface area contributed by atoms with E-state index in [4.69, 9.17) is 23.2 Å². The number of aryl methyl sites for hydroxylation is 1. The standard InChI is InChI=1S/C16H17Cl2NO2S/c1-3-12-4-6-13(7-5-12)11(2)19-22(20,21)16-10-14(17)8-9-15(16)18/h4-11,19H,3H2,1-2H3. The molecule has 3 nitrogen and oxygen atoms in total. The van der Waals surface area contributed by atoms with E-state index in [1.54, 1.807) is 13.0 Å². The number of benzene rings is 2. The lowest BCUT2D eigenvalue weighted by molar-refractivity contribution is 0.567. The van der Waals surface area contributed by atoms with Crippen molar-refractivity contribution < 1.29 is 8.42 Å². The monoisotopic (exact) mass is 357 g/mol. The Labute approximate surface area is 141 Å². The van der Waals surface area contributed by atoms with Gasteiger partial charge in [0.2, 0.25) is 10.0 Å². The third kappa shape index (κ3) is 4.02. The van der Waals surface area contributed by atoms with Crippen LogP contribution in [0.2, 0.25) is 10.0 Å². The molecule has 0 fully saturated rings. The Bertz CT molecular complexity index is 758. The fourth-order valence-electron chi connectivity index (χ4n) is 2.09. The van der Waals surface area contributed by atoms with Crippen LogP contribution in [0.4, 0.5) is 0 Å². The van der Waals surface area contributed by atoms with Gasteiger partial charge in [-0.25, -0.2) is 13.1 Å². The van der Waals surface area contributed by atoms with Gasteiger partial charge in [0.05, 0.1) is 5.02 Å². The normalized spacial score (nSPS) is 13.1. The van der Waals surface area contributed by atoms with Crippen LogP contribution in [0.3, 0.4) is 0 Å². The van der Waals surface area contributed by atoms with Gasteiger partial charge in [-0.3, -0.25) is 0 Å². The van der Waals surface area contributed by atoms with E-state index in [0.29, 0.717) is 5.02 Å². The second-order valence-corrected chi connectivity index (χ2v) is 7.54. The molecule has 118 valence electrons. The SMILES string of the molecule is CCc1ccc(C(C)NS(=O)(=O)c2cc(Cl)ccc2Cl)cc1. The minimum atomic E-state index is -3.74. The highest BCUT2D eigenvalue weighted by Gasteiger charge is 2.21. The molecule has 0 spiro atoms. The van der Waals surface area contributed by atoms with Gasteiger partial charge in [-0.15, -0.1) is 0 Å². The Morgan fingerprint density at radius 1 is 1.09 bits per heavy atom. The maximum absolute atomic E-state index is 12.5. The zero-order valence-electron chi connectivity index (χ0n) is 12.3. The van der Waals surface area contributed by atoms with Crippen molar-refractivity contribution in [3.63, 3.8) is 0 Å². The quantitative estimate of drug-likeness (QED) is 0.849. The van der Waals surface area contributed by atoms with Crippen molar-refractivity contribution in [2.45, 2.75) is 31.2 Å². The first-order valence-electron chi connectivity index (χ1n) is 6.89. The highest BCUT2D eigenvalue weighted by Crippen LogP contribution is 2.26. The molecule has 0 aliphatic rings. The summed E-state index contributed by atoms with van der Waals surface area (Å²) < 4.78 is 27.5. The zero-order valence-corrected chi connectivity index (χ0v) is 14.6. The molecule has 1 N–H and O–H groups in total. The maximum atomic E-state index is 12.5. The zero-order chi connectivity index (χ0) is 16.3. The van der Waals surface area contributed by atoms with E-state index in [1.165, 1.54) is 17.7 Å². The average molecular weight is 358 g/mol. The summed E-state index contributed by atoms with van der Waals surface area (Å²) in [6.45, 7) is 3.86. The van der Waals surface area contributed by atoms with Crippen LogP contribution in [-0.2, 0) is 16.4 Å². The van der Waals surface area contributed by atoms with Gasteiger partial charge in [-0.2, -0.15) is 0 Å². The first-order chi connectivity index (χ1) is 10.3. The summed E-state index contributed by atoms with van der Waals surface area (Å²) in [4.78, 5) is -0.0151. The van der Waals surface area contributed by atoms with Gasteiger partial charge in [0.25, 0.3) is 0 Å². The average Bonchev–Trinajstić information content (AvgIpc) is 2.49. The Balaban J connectivity index is 2.25. The molecular formula is C16H17Cl2NO2S. The van der Waals surface area contributed by atoms with E-state index in [2.05, 4.69) is 11.6 Å². The lowest BCUT2D eigenvalue weighted by Gasteiger charge is -2.16. The van der Waals surface area contributed by atoms with Crippen molar-refractivity contribution in [3.05, 3.63) is 63.6 Å². The lowest BCUT2D eigenvalue weighted by Crippen LogP contribution is -2.27. The number of rotatable bonds is 5. The molecule has 6 heteroatoms. The predicted octanol–water partition coefficient (Wildman–Crippen LogP) is 4.60. The summed E-state index contributed by atoms with van der Waals surface area (Å²) in [6, 6.07) is 11.8. The Kier molecular flexibility index (Phi) is 5.50. The number of hydrogen-bond acceptors (Lipinski definition) is 2. The van der Waals surface area contributed by atoms with Gasteiger partial charge in [0.1, 0.15) is 4.90 Å². The molecule has 2 rings (SSSR count). The third-order valence-corrected chi connectivity index (χ3v) is 5.66. The highest BCUT2D eigenvalue weighted by atomic mass is 35.5. The Hall–Kier alpha value is -1.07. The molecule has 2 aromatic rings. The molecule has 0 saturated carbocycles. The van der Waals surface area contributed by atoms with Crippen LogP contribution < -0.4 is 4.72 Å². The van der Waals surface area contributed by atoms with Gasteiger partial charge < -0.3 is 0 Å². The molecule has 0 amide bonds. The second kappa shape index (κ2) is 7.01. The van der Waals surface area contributed by atoms with Crippen LogP contribution in [0.5, 0.6) is 0 Å². The molecule has 2 aromatic carbocycles. The van der Waals surface area contributed by atoms with E-state index >= 15 is 0 Å². The number of halogens is 2. The molecule has 0 aliphatic carbocycles. The summed E-state index contributed by atoms with van der Waals surface area (Å²) in [5.74, 6) is 0. The second-order valence-electron chi connectivity index (χ2n) is 5.01. The summed E-state index contributed by atoms with van der Waals surface area (Å²) in [5.41, 5.74) is 2.09. The van der Waals surface area contributed by atoms with Crippen LogP contribution >= 0.6 is 23.2 Å². The van der Waals surface area contributed by atoms with E-state index in [0.717, 1.165) is 12.0 Å². The van der Waals surface area contributed by atoms with Crippen molar-refractivity contribution in [1.82, 2.24) is 4.72 Å². The van der Waals surface area contributed by atoms with Gasteiger partial charge in [-0.05, 0) is 42.7 Å². The fraction of sp³-hybridized carbons (Fsp3) is 0.250. The maximum Gasteiger partial charge on any atom is 0.242 e. The Morgan fingerprint density at radius 2 is 1.73 bits per heavy atom. The van der Waals surface area contributed by atoms with Crippen molar-refractivity contribution >= 4 is 33.2 Å². The molecule has 0 aliphatic heterocycles. The van der Waals surface area contributed by atoms with Gasteiger partial charge in [0.15, 0.2) is 0 Å². The molecule has 0 saturated heterocycles. The summed E-state index contributed by atoms with van der Waals surface area (Å²) in [6.07, 6.45) is 0.943. The number of nitrogens with one attached hydrogen (secondary N) is 1. The first-order valence-corrected chi connectivity index (χ1v) is 9.13. The first kappa shape index (κ1) is 17.3. The molecule has 0 radical (unpaired) electrons. The van der Waals surface area contributed by atoms with Crippen LogP contribution in [0.1, 0.15) is 31.0 Å². The van der Waals surface area contributed by atoms with Gasteiger partial charge in [-0.1, -0.05) is 54.4 Å². The van der Waals surface area contributed by atoms with Crippen molar-refractivity contribution in [2.24, 2.45) is 0 Å². The van der Waals surface area contributed by atoms with Gasteiger partial charge in [0, 0.05) is 11.1 Å². The highest BCUT2D eigenvalue weighted by molar-refractivity contribution is 7.89. The summed E-state index contributed by atoms with van der Waals surface area (Å²) in [5, 5.41) is 0.468. The number of hydrogen-bond donors (Lipinski definition) is 1. The molecular weight excluding hydrogens is 341 g/mol.